The standard InChI is InChI=1S/C17H21ClF3N3O3S/c1-15(2,3)27-14(26)24-8-11(28)7-16(24,9-25)23-22-13-6-10(17(19,20)21)4-5-12(13)18/h4-6,9,11,22-23,28H,7-8H2,1-3H3/t11-,16+/m0/s1. The molecule has 1 aliphatic heterocycles. The molecule has 1 fully saturated rings. The molecular weight excluding hydrogens is 419 g/mol. The molecule has 1 aromatic carbocycles. The Hall–Kier alpha value is -1.65. The lowest BCUT2D eigenvalue weighted by Crippen LogP contribution is -2.61. The number of thiol groups is 1. The van der Waals surface area contributed by atoms with Gasteiger partial charge in [0.05, 0.1) is 16.3 Å². The number of amides is 1. The number of alkyl halides is 3. The Balaban J connectivity index is 2.26. The van der Waals surface area contributed by atoms with Crippen molar-refractivity contribution in [2.45, 2.75) is 49.9 Å². The number of hydrazine groups is 1. The van der Waals surface area contributed by atoms with Crippen molar-refractivity contribution in [1.29, 1.82) is 0 Å². The molecule has 1 saturated heterocycles. The van der Waals surface area contributed by atoms with Crippen LogP contribution >= 0.6 is 24.2 Å². The molecule has 0 saturated carbocycles. The molecule has 1 aromatic rings. The number of halogens is 4. The van der Waals surface area contributed by atoms with E-state index in [2.05, 4.69) is 23.5 Å². The number of rotatable bonds is 4. The summed E-state index contributed by atoms with van der Waals surface area (Å²) in [6.45, 7) is 5.14. The maximum atomic E-state index is 12.9. The van der Waals surface area contributed by atoms with Crippen LogP contribution in [0.1, 0.15) is 32.8 Å². The zero-order chi connectivity index (χ0) is 21.3. The Labute approximate surface area is 171 Å². The number of benzene rings is 1. The van der Waals surface area contributed by atoms with Crippen molar-refractivity contribution >= 4 is 42.3 Å². The van der Waals surface area contributed by atoms with Gasteiger partial charge in [-0.25, -0.2) is 10.2 Å². The number of hydrogen-bond acceptors (Lipinski definition) is 6. The van der Waals surface area contributed by atoms with Crippen molar-refractivity contribution in [2.24, 2.45) is 0 Å². The predicted octanol–water partition coefficient (Wildman–Crippen LogP) is 4.11. The highest BCUT2D eigenvalue weighted by Crippen LogP contribution is 2.35. The Morgan fingerprint density at radius 1 is 1.39 bits per heavy atom. The first kappa shape index (κ1) is 22.6. The maximum absolute atomic E-state index is 12.9. The van der Waals surface area contributed by atoms with Crippen LogP contribution in [0.25, 0.3) is 0 Å². The zero-order valence-electron chi connectivity index (χ0n) is 15.4. The number of ether oxygens (including phenoxy) is 1. The largest absolute Gasteiger partial charge is 0.444 e. The molecule has 0 aromatic heterocycles. The SMILES string of the molecule is CC(C)(C)OC(=O)N1C[C@@H](S)C[C@@]1(C=O)NNc1cc(C(F)(F)F)ccc1Cl. The van der Waals surface area contributed by atoms with Crippen LogP contribution < -0.4 is 10.9 Å². The zero-order valence-corrected chi connectivity index (χ0v) is 17.1. The van der Waals surface area contributed by atoms with Crippen LogP contribution in [0.15, 0.2) is 18.2 Å². The molecule has 2 atom stereocenters. The Bertz CT molecular complexity index is 757. The van der Waals surface area contributed by atoms with Crippen molar-refractivity contribution in [2.75, 3.05) is 12.0 Å². The summed E-state index contributed by atoms with van der Waals surface area (Å²) < 4.78 is 44.1. The molecule has 0 aliphatic carbocycles. The summed E-state index contributed by atoms with van der Waals surface area (Å²) in [5.74, 6) is 0. The van der Waals surface area contributed by atoms with E-state index in [1.807, 2.05) is 0 Å². The van der Waals surface area contributed by atoms with Crippen LogP contribution in [0.2, 0.25) is 5.02 Å². The molecule has 0 radical (unpaired) electrons. The van der Waals surface area contributed by atoms with E-state index in [-0.39, 0.29) is 28.9 Å². The highest BCUT2D eigenvalue weighted by atomic mass is 35.5. The minimum Gasteiger partial charge on any atom is -0.444 e. The molecule has 0 spiro atoms. The molecule has 0 bridgehead atoms. The maximum Gasteiger partial charge on any atom is 0.416 e. The van der Waals surface area contributed by atoms with Crippen LogP contribution in [0, 0.1) is 0 Å². The van der Waals surface area contributed by atoms with E-state index in [4.69, 9.17) is 16.3 Å². The monoisotopic (exact) mass is 439 g/mol. The van der Waals surface area contributed by atoms with E-state index >= 15 is 0 Å². The smallest absolute Gasteiger partial charge is 0.416 e. The second kappa shape index (κ2) is 8.00. The van der Waals surface area contributed by atoms with E-state index in [9.17, 15) is 22.8 Å². The van der Waals surface area contributed by atoms with E-state index in [0.717, 1.165) is 23.1 Å². The molecule has 28 heavy (non-hydrogen) atoms. The molecular formula is C17H21ClF3N3O3S. The van der Waals surface area contributed by atoms with Crippen LogP contribution in [-0.4, -0.2) is 40.3 Å². The topological polar surface area (TPSA) is 70.7 Å². The number of nitrogens with one attached hydrogen (secondary N) is 2. The van der Waals surface area contributed by atoms with E-state index in [1.54, 1.807) is 20.8 Å². The molecule has 0 unspecified atom stereocenters. The number of hydrogen-bond donors (Lipinski definition) is 3. The summed E-state index contributed by atoms with van der Waals surface area (Å²) in [6.07, 6.45) is -4.71. The van der Waals surface area contributed by atoms with Gasteiger partial charge in [-0.1, -0.05) is 11.6 Å². The minimum absolute atomic E-state index is 0.00536. The van der Waals surface area contributed by atoms with E-state index in [0.29, 0.717) is 6.29 Å². The van der Waals surface area contributed by atoms with Gasteiger partial charge in [0.15, 0.2) is 11.9 Å². The lowest BCUT2D eigenvalue weighted by atomic mass is 10.1. The number of nitrogens with zero attached hydrogens (tertiary/aromatic N) is 1. The highest BCUT2D eigenvalue weighted by Gasteiger charge is 2.49. The second-order valence-electron chi connectivity index (χ2n) is 7.43. The Morgan fingerprint density at radius 2 is 2.04 bits per heavy atom. The molecule has 1 amide bonds. The fourth-order valence-electron chi connectivity index (χ4n) is 2.69. The van der Waals surface area contributed by atoms with Gasteiger partial charge in [0.25, 0.3) is 0 Å². The van der Waals surface area contributed by atoms with Gasteiger partial charge in [0.2, 0.25) is 0 Å². The fraction of sp³-hybridized carbons (Fsp3) is 0.529. The number of carbonyl (C=O) groups is 2. The fourth-order valence-corrected chi connectivity index (χ4v) is 3.30. The molecule has 11 heteroatoms. The summed E-state index contributed by atoms with van der Waals surface area (Å²) in [6, 6.07) is 2.73. The van der Waals surface area contributed by atoms with Gasteiger partial charge < -0.3 is 10.2 Å². The molecule has 2 rings (SSSR count). The molecule has 6 nitrogen and oxygen atoms in total. The molecule has 2 N–H and O–H groups in total. The van der Waals surface area contributed by atoms with Crippen LogP contribution in [-0.2, 0) is 15.7 Å². The van der Waals surface area contributed by atoms with E-state index in [1.165, 1.54) is 0 Å². The molecule has 1 heterocycles. The summed E-state index contributed by atoms with van der Waals surface area (Å²) in [4.78, 5) is 25.6. The Kier molecular flexibility index (Phi) is 6.47. The first-order valence-corrected chi connectivity index (χ1v) is 9.22. The lowest BCUT2D eigenvalue weighted by molar-refractivity contribution is -0.137. The first-order valence-electron chi connectivity index (χ1n) is 8.32. The van der Waals surface area contributed by atoms with Gasteiger partial charge >= 0.3 is 12.3 Å². The van der Waals surface area contributed by atoms with Crippen molar-refractivity contribution < 1.29 is 27.5 Å². The van der Waals surface area contributed by atoms with Gasteiger partial charge in [-0.05, 0) is 39.0 Å². The van der Waals surface area contributed by atoms with Crippen molar-refractivity contribution in [3.8, 4) is 0 Å². The lowest BCUT2D eigenvalue weighted by Gasteiger charge is -2.35. The summed E-state index contributed by atoms with van der Waals surface area (Å²) in [7, 11) is 0. The van der Waals surface area contributed by atoms with Crippen LogP contribution in [0.3, 0.4) is 0 Å². The van der Waals surface area contributed by atoms with Gasteiger partial charge in [-0.15, -0.1) is 0 Å². The van der Waals surface area contributed by atoms with Crippen LogP contribution in [0.5, 0.6) is 0 Å². The average molecular weight is 440 g/mol. The van der Waals surface area contributed by atoms with Gasteiger partial charge in [0, 0.05) is 18.2 Å². The van der Waals surface area contributed by atoms with E-state index < -0.39 is 29.1 Å². The summed E-state index contributed by atoms with van der Waals surface area (Å²) >= 11 is 10.3. The number of carbonyl (C=O) groups excluding carboxylic acids is 2. The third kappa shape index (κ3) is 5.24. The summed E-state index contributed by atoms with van der Waals surface area (Å²) in [5.41, 5.74) is 1.80. The highest BCUT2D eigenvalue weighted by molar-refractivity contribution is 7.81. The van der Waals surface area contributed by atoms with Crippen molar-refractivity contribution in [3.05, 3.63) is 28.8 Å². The number of likely N-dealkylation sites (tertiary alicyclic amines) is 1. The quantitative estimate of drug-likeness (QED) is 0.374. The number of aldehydes is 1. The average Bonchev–Trinajstić information content (AvgIpc) is 2.89. The Morgan fingerprint density at radius 3 is 2.57 bits per heavy atom. The van der Waals surface area contributed by atoms with Crippen molar-refractivity contribution in [1.82, 2.24) is 10.3 Å². The third-order valence-electron chi connectivity index (χ3n) is 3.94. The summed E-state index contributed by atoms with van der Waals surface area (Å²) in [5, 5.41) is -0.338. The van der Waals surface area contributed by atoms with Gasteiger partial charge in [-0.3, -0.25) is 9.69 Å². The van der Waals surface area contributed by atoms with Crippen LogP contribution in [0.4, 0.5) is 23.7 Å². The van der Waals surface area contributed by atoms with Gasteiger partial charge in [-0.2, -0.15) is 25.8 Å². The first-order chi connectivity index (χ1) is 12.8. The molecule has 1 aliphatic rings. The number of anilines is 1. The predicted molar refractivity (Wildman–Crippen MR) is 102 cm³/mol. The molecule has 156 valence electrons. The third-order valence-corrected chi connectivity index (χ3v) is 4.61. The van der Waals surface area contributed by atoms with Crippen molar-refractivity contribution in [3.63, 3.8) is 0 Å². The van der Waals surface area contributed by atoms with Gasteiger partial charge in [0.1, 0.15) is 5.60 Å². The second-order valence-corrected chi connectivity index (χ2v) is 8.57. The normalized spacial score (nSPS) is 22.9. The minimum atomic E-state index is -4.56.